The molecule has 8 heteroatoms. The van der Waals surface area contributed by atoms with Gasteiger partial charge in [0.2, 0.25) is 0 Å². The molecule has 1 unspecified atom stereocenters. The second-order valence-electron chi connectivity index (χ2n) is 5.80. The van der Waals surface area contributed by atoms with Gasteiger partial charge in [-0.25, -0.2) is 0 Å². The lowest BCUT2D eigenvalue weighted by Crippen LogP contribution is -2.38. The number of H-pyrrole nitrogens is 1. The third-order valence-electron chi connectivity index (χ3n) is 4.43. The minimum Gasteiger partial charge on any atom is -0.504 e. The van der Waals surface area contributed by atoms with Crippen LogP contribution in [0.15, 0.2) is 18.2 Å². The molecule has 1 atom stereocenters. The highest BCUT2D eigenvalue weighted by Crippen LogP contribution is 2.41. The molecule has 0 fully saturated rings. The van der Waals surface area contributed by atoms with E-state index in [0.717, 1.165) is 16.8 Å². The molecule has 2 N–H and O–H groups in total. The van der Waals surface area contributed by atoms with Crippen LogP contribution in [-0.2, 0) is 9.47 Å². The zero-order valence-corrected chi connectivity index (χ0v) is 14.6. The quantitative estimate of drug-likeness (QED) is 0.771. The molecule has 8 nitrogen and oxygen atoms in total. The van der Waals surface area contributed by atoms with E-state index in [9.17, 15) is 9.90 Å². The molecule has 0 saturated heterocycles. The Morgan fingerprint density at radius 1 is 1.32 bits per heavy atom. The highest BCUT2D eigenvalue weighted by atomic mass is 16.7. The van der Waals surface area contributed by atoms with Crippen LogP contribution in [0.2, 0.25) is 0 Å². The summed E-state index contributed by atoms with van der Waals surface area (Å²) >= 11 is 0. The number of nitrogens with zero attached hydrogens (tertiary/aromatic N) is 2. The number of nitrogens with one attached hydrogen (secondary N) is 1. The van der Waals surface area contributed by atoms with Crippen molar-refractivity contribution in [3.05, 3.63) is 40.7 Å². The Labute approximate surface area is 145 Å². The number of rotatable bonds is 6. The van der Waals surface area contributed by atoms with Crippen molar-refractivity contribution in [2.24, 2.45) is 0 Å². The first-order chi connectivity index (χ1) is 12.0. The van der Waals surface area contributed by atoms with E-state index in [1.807, 2.05) is 6.92 Å². The van der Waals surface area contributed by atoms with E-state index in [4.69, 9.17) is 14.2 Å². The molecule has 1 aromatic carbocycles. The summed E-state index contributed by atoms with van der Waals surface area (Å²) in [5, 5.41) is 16.9. The maximum Gasteiger partial charge on any atom is 0.275 e. The topological polar surface area (TPSA) is 96.9 Å². The molecule has 25 heavy (non-hydrogen) atoms. The van der Waals surface area contributed by atoms with Crippen molar-refractivity contribution >= 4 is 5.91 Å². The number of carbonyl (C=O) groups is 1. The SMILES string of the molecule is COc1cc(C2c3c(n[nH]c3C)C(=O)N2CC(OC)OC)ccc1O. The van der Waals surface area contributed by atoms with E-state index in [1.54, 1.807) is 23.1 Å². The van der Waals surface area contributed by atoms with E-state index in [0.29, 0.717) is 11.4 Å². The number of aromatic hydroxyl groups is 1. The molecule has 0 spiro atoms. The van der Waals surface area contributed by atoms with E-state index < -0.39 is 6.29 Å². The van der Waals surface area contributed by atoms with E-state index in [1.165, 1.54) is 21.3 Å². The van der Waals surface area contributed by atoms with E-state index in [2.05, 4.69) is 10.2 Å². The van der Waals surface area contributed by atoms with Gasteiger partial charge >= 0.3 is 0 Å². The van der Waals surface area contributed by atoms with Gasteiger partial charge in [-0.3, -0.25) is 9.89 Å². The van der Waals surface area contributed by atoms with Gasteiger partial charge < -0.3 is 24.2 Å². The van der Waals surface area contributed by atoms with Gasteiger partial charge in [-0.2, -0.15) is 5.10 Å². The summed E-state index contributed by atoms with van der Waals surface area (Å²) in [5.74, 6) is 0.183. The lowest BCUT2D eigenvalue weighted by atomic mass is 9.98. The lowest BCUT2D eigenvalue weighted by Gasteiger charge is -2.29. The van der Waals surface area contributed by atoms with Gasteiger partial charge in [0, 0.05) is 25.5 Å². The zero-order chi connectivity index (χ0) is 18.1. The van der Waals surface area contributed by atoms with Crippen LogP contribution in [0.3, 0.4) is 0 Å². The van der Waals surface area contributed by atoms with Crippen LogP contribution >= 0.6 is 0 Å². The molecular formula is C17H21N3O5. The predicted molar refractivity (Wildman–Crippen MR) is 88.7 cm³/mol. The number of aromatic nitrogens is 2. The van der Waals surface area contributed by atoms with Gasteiger partial charge in [-0.05, 0) is 24.6 Å². The summed E-state index contributed by atoms with van der Waals surface area (Å²) in [5.41, 5.74) is 2.82. The molecule has 0 radical (unpaired) electrons. The highest BCUT2D eigenvalue weighted by Gasteiger charge is 2.42. The van der Waals surface area contributed by atoms with E-state index in [-0.39, 0.29) is 24.2 Å². The number of hydrogen-bond acceptors (Lipinski definition) is 6. The number of methoxy groups -OCH3 is 3. The molecule has 1 aromatic heterocycles. The number of phenolic OH excluding ortho intramolecular Hbond substituents is 1. The molecule has 1 aliphatic heterocycles. The maximum absolute atomic E-state index is 12.8. The Morgan fingerprint density at radius 3 is 2.68 bits per heavy atom. The second kappa shape index (κ2) is 6.73. The fourth-order valence-electron chi connectivity index (χ4n) is 3.15. The van der Waals surface area contributed by atoms with Crippen molar-refractivity contribution in [1.82, 2.24) is 15.1 Å². The Morgan fingerprint density at radius 2 is 2.04 bits per heavy atom. The molecule has 0 saturated carbocycles. The number of amides is 1. The van der Waals surface area contributed by atoms with Crippen molar-refractivity contribution in [2.75, 3.05) is 27.9 Å². The van der Waals surface area contributed by atoms with Gasteiger partial charge in [0.05, 0.1) is 19.7 Å². The van der Waals surface area contributed by atoms with Gasteiger partial charge in [-0.15, -0.1) is 0 Å². The van der Waals surface area contributed by atoms with Crippen LogP contribution in [0.5, 0.6) is 11.5 Å². The largest absolute Gasteiger partial charge is 0.504 e. The van der Waals surface area contributed by atoms with Crippen LogP contribution in [0.1, 0.15) is 33.4 Å². The number of ether oxygens (including phenoxy) is 3. The standard InChI is InChI=1S/C17H21N3O5/c1-9-14-15(19-18-9)17(22)20(8-13(24-3)25-4)16(14)10-5-6-11(21)12(7-10)23-2/h5-7,13,16,21H,8H2,1-4H3,(H,18,19). The molecule has 0 bridgehead atoms. The van der Waals surface area contributed by atoms with Gasteiger partial charge in [0.15, 0.2) is 23.5 Å². The molecule has 2 heterocycles. The third kappa shape index (κ3) is 2.83. The Bertz CT molecular complexity index is 785. The molecule has 3 rings (SSSR count). The summed E-state index contributed by atoms with van der Waals surface area (Å²) in [6.07, 6.45) is -0.557. The van der Waals surface area contributed by atoms with Crippen LogP contribution in [0.4, 0.5) is 0 Å². The Kier molecular flexibility index (Phi) is 4.65. The van der Waals surface area contributed by atoms with Gasteiger partial charge in [0.1, 0.15) is 0 Å². The number of hydrogen-bond donors (Lipinski definition) is 2. The van der Waals surface area contributed by atoms with Crippen molar-refractivity contribution in [3.63, 3.8) is 0 Å². The zero-order valence-electron chi connectivity index (χ0n) is 14.6. The van der Waals surface area contributed by atoms with Gasteiger partial charge in [0.25, 0.3) is 5.91 Å². The summed E-state index contributed by atoms with van der Waals surface area (Å²) in [4.78, 5) is 14.5. The molecular weight excluding hydrogens is 326 g/mol. The first-order valence-electron chi connectivity index (χ1n) is 7.80. The van der Waals surface area contributed by atoms with Crippen molar-refractivity contribution < 1.29 is 24.1 Å². The summed E-state index contributed by atoms with van der Waals surface area (Å²) in [6, 6.07) is 4.66. The van der Waals surface area contributed by atoms with Crippen LogP contribution < -0.4 is 4.74 Å². The molecule has 1 amide bonds. The lowest BCUT2D eigenvalue weighted by molar-refractivity contribution is -0.113. The van der Waals surface area contributed by atoms with Crippen LogP contribution in [0, 0.1) is 6.92 Å². The highest BCUT2D eigenvalue weighted by molar-refractivity contribution is 5.98. The summed E-state index contributed by atoms with van der Waals surface area (Å²) < 4.78 is 15.7. The number of phenols is 1. The number of benzene rings is 1. The number of fused-ring (bicyclic) bond motifs is 1. The minimum absolute atomic E-state index is 0.0397. The summed E-state index contributed by atoms with van der Waals surface area (Å²) in [6.45, 7) is 2.12. The molecule has 1 aliphatic rings. The maximum atomic E-state index is 12.8. The van der Waals surface area contributed by atoms with Gasteiger partial charge in [-0.1, -0.05) is 6.07 Å². The van der Waals surface area contributed by atoms with Crippen molar-refractivity contribution in [2.45, 2.75) is 19.3 Å². The normalized spacial score (nSPS) is 16.6. The minimum atomic E-state index is -0.557. The van der Waals surface area contributed by atoms with E-state index >= 15 is 0 Å². The second-order valence-corrected chi connectivity index (χ2v) is 5.80. The Balaban J connectivity index is 2.08. The number of carbonyl (C=O) groups excluding carboxylic acids is 1. The third-order valence-corrected chi connectivity index (χ3v) is 4.43. The predicted octanol–water partition coefficient (Wildman–Crippen LogP) is 1.60. The molecule has 134 valence electrons. The monoisotopic (exact) mass is 347 g/mol. The average molecular weight is 347 g/mol. The fraction of sp³-hybridized carbons (Fsp3) is 0.412. The first kappa shape index (κ1) is 17.2. The Hall–Kier alpha value is -2.58. The fourth-order valence-corrected chi connectivity index (χ4v) is 3.15. The molecule has 2 aromatic rings. The smallest absolute Gasteiger partial charge is 0.275 e. The van der Waals surface area contributed by atoms with Crippen molar-refractivity contribution in [3.8, 4) is 11.5 Å². The number of aromatic amines is 1. The van der Waals surface area contributed by atoms with Crippen LogP contribution in [-0.4, -0.2) is 60.3 Å². The first-order valence-corrected chi connectivity index (χ1v) is 7.80. The van der Waals surface area contributed by atoms with Crippen molar-refractivity contribution in [1.29, 1.82) is 0 Å². The molecule has 0 aliphatic carbocycles. The number of aryl methyl sites for hydroxylation is 1. The van der Waals surface area contributed by atoms with Crippen LogP contribution in [0.25, 0.3) is 0 Å². The average Bonchev–Trinajstić information content (AvgIpc) is 3.12. The summed E-state index contributed by atoms with van der Waals surface area (Å²) in [7, 11) is 4.53.